The van der Waals surface area contributed by atoms with Crippen molar-refractivity contribution in [3.05, 3.63) is 45.7 Å². The lowest BCUT2D eigenvalue weighted by molar-refractivity contribution is 0.275. The molecule has 2 rings (SSSR count). The van der Waals surface area contributed by atoms with E-state index in [-0.39, 0.29) is 6.61 Å². The predicted octanol–water partition coefficient (Wildman–Crippen LogP) is 2.14. The highest BCUT2D eigenvalue weighted by molar-refractivity contribution is 9.10. The Morgan fingerprint density at radius 1 is 1.35 bits per heavy atom. The third kappa shape index (κ3) is 2.56. The summed E-state index contributed by atoms with van der Waals surface area (Å²) in [6, 6.07) is 8.03. The fraction of sp³-hybridized carbons (Fsp3) is 0.333. The van der Waals surface area contributed by atoms with Crippen LogP contribution in [-0.4, -0.2) is 20.1 Å². The van der Waals surface area contributed by atoms with Gasteiger partial charge < -0.3 is 5.11 Å². The second-order valence-electron chi connectivity index (χ2n) is 3.74. The van der Waals surface area contributed by atoms with Crippen LogP contribution in [0, 0.1) is 0 Å². The molecule has 0 aliphatic heterocycles. The van der Waals surface area contributed by atoms with Crippen LogP contribution < -0.4 is 0 Å². The lowest BCUT2D eigenvalue weighted by Crippen LogP contribution is -2.07. The van der Waals surface area contributed by atoms with Gasteiger partial charge in [-0.2, -0.15) is 0 Å². The number of nitrogens with zero attached hydrogens (tertiary/aromatic N) is 3. The summed E-state index contributed by atoms with van der Waals surface area (Å²) in [6.45, 7) is 2.64. The molecule has 90 valence electrons. The van der Waals surface area contributed by atoms with Crippen LogP contribution in [0.4, 0.5) is 0 Å². The van der Waals surface area contributed by atoms with Crippen molar-refractivity contribution in [2.45, 2.75) is 26.5 Å². The molecule has 2 aromatic rings. The molecule has 17 heavy (non-hydrogen) atoms. The van der Waals surface area contributed by atoms with E-state index in [1.807, 2.05) is 35.9 Å². The van der Waals surface area contributed by atoms with Crippen LogP contribution >= 0.6 is 15.9 Å². The number of aliphatic hydroxyl groups excluding tert-OH is 1. The van der Waals surface area contributed by atoms with Gasteiger partial charge in [0, 0.05) is 4.47 Å². The molecule has 0 saturated carbocycles. The van der Waals surface area contributed by atoms with Crippen molar-refractivity contribution >= 4 is 15.9 Å². The molecule has 4 nitrogen and oxygen atoms in total. The Balaban J connectivity index is 2.30. The topological polar surface area (TPSA) is 50.9 Å². The molecule has 0 radical (unpaired) electrons. The van der Waals surface area contributed by atoms with Crippen LogP contribution in [0.2, 0.25) is 0 Å². The number of benzene rings is 1. The van der Waals surface area contributed by atoms with Crippen LogP contribution in [0.3, 0.4) is 0 Å². The standard InChI is InChI=1S/C12H14BrN3O/c1-2-12-11(8-17)14-15-16(12)7-9-5-3-4-6-10(9)13/h3-6,17H,2,7-8H2,1H3. The van der Waals surface area contributed by atoms with Crippen molar-refractivity contribution in [1.82, 2.24) is 15.0 Å². The van der Waals surface area contributed by atoms with Crippen molar-refractivity contribution in [2.24, 2.45) is 0 Å². The van der Waals surface area contributed by atoms with Crippen LogP contribution in [0.25, 0.3) is 0 Å². The first-order chi connectivity index (χ1) is 8.26. The molecule has 1 aromatic heterocycles. The van der Waals surface area contributed by atoms with E-state index in [0.717, 1.165) is 22.2 Å². The molecule has 0 fully saturated rings. The first-order valence-electron chi connectivity index (χ1n) is 5.51. The van der Waals surface area contributed by atoms with E-state index < -0.39 is 0 Å². The molecule has 1 N–H and O–H groups in total. The summed E-state index contributed by atoms with van der Waals surface area (Å²) in [5.74, 6) is 0. The number of aromatic nitrogens is 3. The van der Waals surface area contributed by atoms with E-state index >= 15 is 0 Å². The maximum Gasteiger partial charge on any atom is 0.111 e. The fourth-order valence-corrected chi connectivity index (χ4v) is 2.20. The summed E-state index contributed by atoms with van der Waals surface area (Å²) < 4.78 is 2.90. The average molecular weight is 296 g/mol. The molecule has 0 atom stereocenters. The van der Waals surface area contributed by atoms with Crippen molar-refractivity contribution in [2.75, 3.05) is 0 Å². The van der Waals surface area contributed by atoms with Gasteiger partial charge in [0.1, 0.15) is 5.69 Å². The van der Waals surface area contributed by atoms with Gasteiger partial charge in [0.15, 0.2) is 0 Å². The third-order valence-corrected chi connectivity index (χ3v) is 3.45. The first kappa shape index (κ1) is 12.3. The highest BCUT2D eigenvalue weighted by Gasteiger charge is 2.11. The van der Waals surface area contributed by atoms with Gasteiger partial charge in [-0.15, -0.1) is 5.10 Å². The maximum absolute atomic E-state index is 9.16. The van der Waals surface area contributed by atoms with Crippen LogP contribution in [0.15, 0.2) is 28.7 Å². The first-order valence-corrected chi connectivity index (χ1v) is 6.31. The third-order valence-electron chi connectivity index (χ3n) is 2.68. The van der Waals surface area contributed by atoms with E-state index in [0.29, 0.717) is 12.2 Å². The minimum atomic E-state index is -0.0564. The molecule has 0 spiro atoms. The quantitative estimate of drug-likeness (QED) is 0.940. The highest BCUT2D eigenvalue weighted by Crippen LogP contribution is 2.18. The zero-order chi connectivity index (χ0) is 12.3. The number of hydrogen-bond acceptors (Lipinski definition) is 3. The van der Waals surface area contributed by atoms with E-state index in [1.54, 1.807) is 0 Å². The Morgan fingerprint density at radius 3 is 2.76 bits per heavy atom. The van der Waals surface area contributed by atoms with E-state index in [9.17, 15) is 0 Å². The van der Waals surface area contributed by atoms with E-state index in [2.05, 4.69) is 26.2 Å². The lowest BCUT2D eigenvalue weighted by atomic mass is 10.2. The van der Waals surface area contributed by atoms with Crippen LogP contribution in [0.5, 0.6) is 0 Å². The minimum absolute atomic E-state index is 0.0564. The normalized spacial score (nSPS) is 10.8. The molecule has 1 heterocycles. The molecule has 0 aliphatic rings. The molecule has 0 saturated heterocycles. The Hall–Kier alpha value is -1.20. The number of halogens is 1. The van der Waals surface area contributed by atoms with Gasteiger partial charge in [-0.05, 0) is 18.1 Å². The second-order valence-corrected chi connectivity index (χ2v) is 4.60. The zero-order valence-electron chi connectivity index (χ0n) is 9.60. The smallest absolute Gasteiger partial charge is 0.111 e. The lowest BCUT2D eigenvalue weighted by Gasteiger charge is -2.07. The van der Waals surface area contributed by atoms with Gasteiger partial charge in [-0.1, -0.05) is 46.3 Å². The van der Waals surface area contributed by atoms with Crippen LogP contribution in [0.1, 0.15) is 23.9 Å². The van der Waals surface area contributed by atoms with E-state index in [1.165, 1.54) is 0 Å². The van der Waals surface area contributed by atoms with Crippen molar-refractivity contribution in [3.8, 4) is 0 Å². The fourth-order valence-electron chi connectivity index (χ4n) is 1.79. The van der Waals surface area contributed by atoms with Gasteiger partial charge in [0.05, 0.1) is 18.8 Å². The number of aliphatic hydroxyl groups is 1. The van der Waals surface area contributed by atoms with Gasteiger partial charge >= 0.3 is 0 Å². The number of hydrogen-bond donors (Lipinski definition) is 1. The van der Waals surface area contributed by atoms with Gasteiger partial charge in [0.25, 0.3) is 0 Å². The average Bonchev–Trinajstić information content (AvgIpc) is 2.74. The molecule has 1 aromatic carbocycles. The molecular weight excluding hydrogens is 282 g/mol. The molecular formula is C12H14BrN3O. The second kappa shape index (κ2) is 5.42. The van der Waals surface area contributed by atoms with Crippen molar-refractivity contribution in [1.29, 1.82) is 0 Å². The molecule has 0 unspecified atom stereocenters. The highest BCUT2D eigenvalue weighted by atomic mass is 79.9. The van der Waals surface area contributed by atoms with Crippen molar-refractivity contribution in [3.63, 3.8) is 0 Å². The zero-order valence-corrected chi connectivity index (χ0v) is 11.2. The monoisotopic (exact) mass is 295 g/mol. The Morgan fingerprint density at radius 2 is 2.12 bits per heavy atom. The van der Waals surface area contributed by atoms with E-state index in [4.69, 9.17) is 5.11 Å². The summed E-state index contributed by atoms with van der Waals surface area (Å²) in [7, 11) is 0. The number of rotatable bonds is 4. The molecule has 0 aliphatic carbocycles. The summed E-state index contributed by atoms with van der Waals surface area (Å²) in [4.78, 5) is 0. The predicted molar refractivity (Wildman–Crippen MR) is 68.6 cm³/mol. The maximum atomic E-state index is 9.16. The Bertz CT molecular complexity index is 510. The minimum Gasteiger partial charge on any atom is -0.390 e. The van der Waals surface area contributed by atoms with Gasteiger partial charge in [-0.25, -0.2) is 4.68 Å². The summed E-state index contributed by atoms with van der Waals surface area (Å²) in [6.07, 6.45) is 0.813. The molecule has 5 heteroatoms. The molecule has 0 amide bonds. The van der Waals surface area contributed by atoms with Gasteiger partial charge in [0.2, 0.25) is 0 Å². The van der Waals surface area contributed by atoms with Crippen molar-refractivity contribution < 1.29 is 5.11 Å². The SMILES string of the molecule is CCc1c(CO)nnn1Cc1ccccc1Br. The Labute approximate surface area is 108 Å². The molecule has 0 bridgehead atoms. The van der Waals surface area contributed by atoms with Gasteiger partial charge in [-0.3, -0.25) is 0 Å². The summed E-state index contributed by atoms with van der Waals surface area (Å²) in [5.41, 5.74) is 2.80. The van der Waals surface area contributed by atoms with Crippen LogP contribution in [-0.2, 0) is 19.6 Å². The Kier molecular flexibility index (Phi) is 3.91. The summed E-state index contributed by atoms with van der Waals surface area (Å²) in [5, 5.41) is 17.2. The largest absolute Gasteiger partial charge is 0.390 e. The summed E-state index contributed by atoms with van der Waals surface area (Å²) >= 11 is 3.51.